The van der Waals surface area contributed by atoms with Crippen LogP contribution in [0.4, 0.5) is 0 Å². The van der Waals surface area contributed by atoms with Crippen molar-refractivity contribution in [2.24, 2.45) is 5.10 Å². The fourth-order valence-corrected chi connectivity index (χ4v) is 2.64. The molecule has 9 nitrogen and oxygen atoms in total. The summed E-state index contributed by atoms with van der Waals surface area (Å²) >= 11 is 0. The van der Waals surface area contributed by atoms with Crippen molar-refractivity contribution < 1.29 is 28.5 Å². The third kappa shape index (κ3) is 3.98. The Morgan fingerprint density at radius 3 is 2.71 bits per heavy atom. The van der Waals surface area contributed by atoms with Crippen LogP contribution in [-0.4, -0.2) is 44.1 Å². The van der Waals surface area contributed by atoms with Gasteiger partial charge in [0.15, 0.2) is 23.0 Å². The lowest BCUT2D eigenvalue weighted by Gasteiger charge is -2.25. The Morgan fingerprint density at radius 2 is 1.82 bits per heavy atom. The van der Waals surface area contributed by atoms with E-state index in [1.54, 1.807) is 36.4 Å². The van der Waals surface area contributed by atoms with Crippen LogP contribution in [0.2, 0.25) is 0 Å². The topological polar surface area (TPSA) is 107 Å². The smallest absolute Gasteiger partial charge is 0.265 e. The van der Waals surface area contributed by atoms with Crippen molar-refractivity contribution in [3.05, 3.63) is 48.0 Å². The average Bonchev–Trinajstić information content (AvgIpc) is 3.19. The van der Waals surface area contributed by atoms with Gasteiger partial charge in [-0.1, -0.05) is 12.1 Å². The first-order valence-electron chi connectivity index (χ1n) is 8.57. The van der Waals surface area contributed by atoms with Crippen molar-refractivity contribution in [1.29, 1.82) is 0 Å². The molecule has 2 aliphatic heterocycles. The summed E-state index contributed by atoms with van der Waals surface area (Å²) in [4.78, 5) is 24.0. The molecule has 2 aliphatic rings. The van der Waals surface area contributed by atoms with Crippen LogP contribution in [0.25, 0.3) is 0 Å². The number of rotatable bonds is 5. The second-order valence-corrected chi connectivity index (χ2v) is 5.99. The molecule has 0 aliphatic carbocycles. The van der Waals surface area contributed by atoms with Crippen molar-refractivity contribution in [3.63, 3.8) is 0 Å². The number of nitrogens with zero attached hydrogens (tertiary/aromatic N) is 1. The molecule has 2 N–H and O–H groups in total. The molecule has 1 atom stereocenters. The first-order chi connectivity index (χ1) is 13.7. The molecular formula is C19H17N3O6. The SMILES string of the molecule is O=C(CNC(=O)C1COc2ccccc2O1)N/N=C\c1ccc2c(c1)OCO2. The second-order valence-electron chi connectivity index (χ2n) is 5.99. The number of carbonyl (C=O) groups excluding carboxylic acids is 2. The van der Waals surface area contributed by atoms with E-state index in [4.69, 9.17) is 18.9 Å². The highest BCUT2D eigenvalue weighted by molar-refractivity contribution is 5.88. The molecule has 9 heteroatoms. The van der Waals surface area contributed by atoms with Gasteiger partial charge in [0.2, 0.25) is 12.9 Å². The van der Waals surface area contributed by atoms with Gasteiger partial charge < -0.3 is 24.3 Å². The van der Waals surface area contributed by atoms with E-state index in [1.165, 1.54) is 6.21 Å². The third-order valence-corrected chi connectivity index (χ3v) is 4.02. The van der Waals surface area contributed by atoms with Crippen LogP contribution in [0.1, 0.15) is 5.56 Å². The molecule has 0 saturated heterocycles. The Hall–Kier alpha value is -3.75. The highest BCUT2D eigenvalue weighted by atomic mass is 16.7. The molecule has 28 heavy (non-hydrogen) atoms. The molecule has 2 aromatic carbocycles. The molecule has 0 aromatic heterocycles. The first kappa shape index (κ1) is 17.7. The highest BCUT2D eigenvalue weighted by Crippen LogP contribution is 2.32. The van der Waals surface area contributed by atoms with E-state index in [9.17, 15) is 9.59 Å². The van der Waals surface area contributed by atoms with Gasteiger partial charge in [-0.3, -0.25) is 9.59 Å². The lowest BCUT2D eigenvalue weighted by atomic mass is 10.2. The predicted octanol–water partition coefficient (Wildman–Crippen LogP) is 0.822. The number of amides is 2. The minimum atomic E-state index is -0.820. The Balaban J connectivity index is 1.23. The highest BCUT2D eigenvalue weighted by Gasteiger charge is 2.27. The van der Waals surface area contributed by atoms with Crippen molar-refractivity contribution >= 4 is 18.0 Å². The Kier molecular flexibility index (Phi) is 4.96. The number of hydrogen-bond donors (Lipinski definition) is 2. The van der Waals surface area contributed by atoms with Crippen LogP contribution in [0.5, 0.6) is 23.0 Å². The van der Waals surface area contributed by atoms with E-state index < -0.39 is 17.9 Å². The van der Waals surface area contributed by atoms with Crippen LogP contribution in [0.15, 0.2) is 47.6 Å². The molecule has 1 unspecified atom stereocenters. The van der Waals surface area contributed by atoms with Crippen molar-refractivity contribution in [2.75, 3.05) is 19.9 Å². The molecule has 2 aromatic rings. The van der Waals surface area contributed by atoms with E-state index in [0.717, 1.165) is 5.56 Å². The molecule has 0 saturated carbocycles. The summed E-state index contributed by atoms with van der Waals surface area (Å²) in [5, 5.41) is 6.36. The number of ether oxygens (including phenoxy) is 4. The molecule has 144 valence electrons. The van der Waals surface area contributed by atoms with Crippen LogP contribution >= 0.6 is 0 Å². The van der Waals surface area contributed by atoms with Crippen molar-refractivity contribution in [2.45, 2.75) is 6.10 Å². The molecule has 2 amide bonds. The maximum atomic E-state index is 12.2. The number of benzene rings is 2. The van der Waals surface area contributed by atoms with E-state index in [1.807, 2.05) is 6.07 Å². The normalized spacial score (nSPS) is 16.6. The largest absolute Gasteiger partial charge is 0.485 e. The monoisotopic (exact) mass is 383 g/mol. The summed E-state index contributed by atoms with van der Waals surface area (Å²) in [6.07, 6.45) is 0.649. The zero-order valence-corrected chi connectivity index (χ0v) is 14.7. The van der Waals surface area contributed by atoms with E-state index in [-0.39, 0.29) is 19.9 Å². The molecular weight excluding hydrogens is 366 g/mol. The Labute approximate surface area is 160 Å². The zero-order valence-electron chi connectivity index (χ0n) is 14.7. The fourth-order valence-electron chi connectivity index (χ4n) is 2.64. The van der Waals surface area contributed by atoms with Gasteiger partial charge in [0.25, 0.3) is 11.8 Å². The standard InChI is InChI=1S/C19H17N3O6/c23-18(22-21-8-12-5-6-14-16(7-12)27-11-26-14)9-20-19(24)17-10-25-13-3-1-2-4-15(13)28-17/h1-8,17H,9-11H2,(H,20,24)(H,22,23)/b21-8-. The summed E-state index contributed by atoms with van der Waals surface area (Å²) in [5.74, 6) is 1.46. The van der Waals surface area contributed by atoms with Gasteiger partial charge >= 0.3 is 0 Å². The number of fused-ring (bicyclic) bond motifs is 2. The van der Waals surface area contributed by atoms with Crippen LogP contribution < -0.4 is 29.7 Å². The minimum absolute atomic E-state index is 0.0761. The molecule has 0 radical (unpaired) electrons. The third-order valence-electron chi connectivity index (χ3n) is 4.02. The molecule has 4 rings (SSSR count). The van der Waals surface area contributed by atoms with Gasteiger partial charge in [0.1, 0.15) is 6.61 Å². The second kappa shape index (κ2) is 7.87. The van der Waals surface area contributed by atoms with Crippen molar-refractivity contribution in [3.8, 4) is 23.0 Å². The summed E-state index contributed by atoms with van der Waals surface area (Å²) in [5.41, 5.74) is 3.08. The molecule has 2 heterocycles. The lowest BCUT2D eigenvalue weighted by molar-refractivity contribution is -0.132. The van der Waals surface area contributed by atoms with Crippen molar-refractivity contribution in [1.82, 2.24) is 10.7 Å². The van der Waals surface area contributed by atoms with Gasteiger partial charge in [0, 0.05) is 0 Å². The quantitative estimate of drug-likeness (QED) is 0.585. The van der Waals surface area contributed by atoms with Gasteiger partial charge in [0.05, 0.1) is 12.8 Å². The maximum absolute atomic E-state index is 12.2. The van der Waals surface area contributed by atoms with E-state index in [0.29, 0.717) is 23.0 Å². The van der Waals surface area contributed by atoms with Gasteiger partial charge in [-0.15, -0.1) is 0 Å². The van der Waals surface area contributed by atoms with Gasteiger partial charge in [-0.2, -0.15) is 5.10 Å². The van der Waals surface area contributed by atoms with E-state index in [2.05, 4.69) is 15.8 Å². The van der Waals surface area contributed by atoms with Gasteiger partial charge in [-0.25, -0.2) is 5.43 Å². The predicted molar refractivity (Wildman–Crippen MR) is 97.7 cm³/mol. The van der Waals surface area contributed by atoms with Gasteiger partial charge in [-0.05, 0) is 35.9 Å². The Bertz CT molecular complexity index is 930. The van der Waals surface area contributed by atoms with Crippen LogP contribution in [0.3, 0.4) is 0 Å². The number of carbonyl (C=O) groups is 2. The number of nitrogens with one attached hydrogen (secondary N) is 2. The molecule has 0 bridgehead atoms. The zero-order chi connectivity index (χ0) is 19.3. The molecule has 0 spiro atoms. The number of hydrogen-bond acceptors (Lipinski definition) is 7. The minimum Gasteiger partial charge on any atom is -0.485 e. The number of para-hydroxylation sites is 2. The van der Waals surface area contributed by atoms with Crippen LogP contribution in [0, 0.1) is 0 Å². The van der Waals surface area contributed by atoms with Crippen LogP contribution in [-0.2, 0) is 9.59 Å². The summed E-state index contributed by atoms with van der Waals surface area (Å²) in [7, 11) is 0. The lowest BCUT2D eigenvalue weighted by Crippen LogP contribution is -2.46. The molecule has 0 fully saturated rings. The number of hydrazone groups is 1. The fraction of sp³-hybridized carbons (Fsp3) is 0.211. The van der Waals surface area contributed by atoms with E-state index >= 15 is 0 Å². The summed E-state index contributed by atoms with van der Waals surface area (Å²) in [6.45, 7) is 0.0270. The first-order valence-corrected chi connectivity index (χ1v) is 8.57. The maximum Gasteiger partial charge on any atom is 0.265 e. The Morgan fingerprint density at radius 1 is 1.04 bits per heavy atom. The summed E-state index contributed by atoms with van der Waals surface area (Å²) < 4.78 is 21.6. The average molecular weight is 383 g/mol. The summed E-state index contributed by atoms with van der Waals surface area (Å²) in [6, 6.07) is 12.4.